The zero-order valence-corrected chi connectivity index (χ0v) is 15.3. The second kappa shape index (κ2) is 7.01. The van der Waals surface area contributed by atoms with Gasteiger partial charge in [-0.1, -0.05) is 43.5 Å². The Bertz CT molecular complexity index is 662. The molecule has 2 aromatic carbocycles. The van der Waals surface area contributed by atoms with Crippen molar-refractivity contribution in [3.05, 3.63) is 55.4 Å². The molecular formula is C15H13Br2ClO3. The highest BCUT2D eigenvalue weighted by atomic mass is 79.9. The van der Waals surface area contributed by atoms with Crippen LogP contribution in [-0.4, -0.2) is 19.3 Å². The van der Waals surface area contributed by atoms with E-state index < -0.39 is 6.10 Å². The molecule has 112 valence electrons. The molecule has 0 bridgehead atoms. The lowest BCUT2D eigenvalue weighted by Crippen LogP contribution is -2.04. The molecule has 0 amide bonds. The molecule has 0 saturated carbocycles. The Hall–Kier alpha value is -0.750. The summed E-state index contributed by atoms with van der Waals surface area (Å²) in [5.74, 6) is 0.896. The van der Waals surface area contributed by atoms with Crippen molar-refractivity contribution < 1.29 is 14.6 Å². The predicted molar refractivity (Wildman–Crippen MR) is 90.5 cm³/mol. The normalized spacial score (nSPS) is 12.1. The molecule has 1 N–H and O–H groups in total. The zero-order valence-electron chi connectivity index (χ0n) is 11.4. The van der Waals surface area contributed by atoms with Gasteiger partial charge < -0.3 is 14.6 Å². The highest BCUT2D eigenvalue weighted by Gasteiger charge is 2.22. The Labute approximate surface area is 145 Å². The van der Waals surface area contributed by atoms with Gasteiger partial charge in [0.2, 0.25) is 0 Å². The molecule has 0 heterocycles. The fourth-order valence-electron chi connectivity index (χ4n) is 2.03. The molecule has 2 rings (SSSR count). The third kappa shape index (κ3) is 3.37. The van der Waals surface area contributed by atoms with E-state index >= 15 is 0 Å². The molecule has 3 nitrogen and oxygen atoms in total. The molecule has 21 heavy (non-hydrogen) atoms. The molecular weight excluding hydrogens is 423 g/mol. The van der Waals surface area contributed by atoms with E-state index in [1.807, 2.05) is 18.2 Å². The Kier molecular flexibility index (Phi) is 5.54. The summed E-state index contributed by atoms with van der Waals surface area (Å²) in [5.41, 5.74) is 1.28. The minimum Gasteiger partial charge on any atom is -0.495 e. The van der Waals surface area contributed by atoms with E-state index in [-0.39, 0.29) is 0 Å². The maximum atomic E-state index is 10.7. The van der Waals surface area contributed by atoms with Crippen molar-refractivity contribution in [1.82, 2.24) is 0 Å². The van der Waals surface area contributed by atoms with Gasteiger partial charge in [0.15, 0.2) is 0 Å². The van der Waals surface area contributed by atoms with Gasteiger partial charge in [-0.3, -0.25) is 0 Å². The lowest BCUT2D eigenvalue weighted by Gasteiger charge is -2.19. The topological polar surface area (TPSA) is 38.7 Å². The van der Waals surface area contributed by atoms with Crippen LogP contribution in [0.3, 0.4) is 0 Å². The van der Waals surface area contributed by atoms with E-state index in [4.69, 9.17) is 21.1 Å². The molecule has 0 fully saturated rings. The van der Waals surface area contributed by atoms with Gasteiger partial charge in [-0.05, 0) is 30.3 Å². The van der Waals surface area contributed by atoms with E-state index in [9.17, 15) is 5.11 Å². The van der Waals surface area contributed by atoms with Gasteiger partial charge in [0.05, 0.1) is 14.2 Å². The zero-order chi connectivity index (χ0) is 15.6. The summed E-state index contributed by atoms with van der Waals surface area (Å²) >= 11 is 13.1. The fraction of sp³-hybridized carbons (Fsp3) is 0.200. The first-order valence-electron chi connectivity index (χ1n) is 6.03. The van der Waals surface area contributed by atoms with Crippen LogP contribution in [0.15, 0.2) is 39.3 Å². The third-order valence-electron chi connectivity index (χ3n) is 3.06. The summed E-state index contributed by atoms with van der Waals surface area (Å²) in [6.07, 6.45) is -0.879. The van der Waals surface area contributed by atoms with Crippen LogP contribution in [0.1, 0.15) is 17.2 Å². The van der Waals surface area contributed by atoms with Crippen LogP contribution in [0.5, 0.6) is 11.5 Å². The summed E-state index contributed by atoms with van der Waals surface area (Å²) in [6, 6.07) is 9.03. The summed E-state index contributed by atoms with van der Waals surface area (Å²) in [6.45, 7) is 0. The Morgan fingerprint density at radius 1 is 1.05 bits per heavy atom. The number of halogens is 3. The van der Waals surface area contributed by atoms with E-state index in [0.29, 0.717) is 27.6 Å². The lowest BCUT2D eigenvalue weighted by atomic mass is 10.0. The van der Waals surface area contributed by atoms with Crippen molar-refractivity contribution in [3.63, 3.8) is 0 Å². The van der Waals surface area contributed by atoms with Gasteiger partial charge in [0.25, 0.3) is 0 Å². The number of benzene rings is 2. The monoisotopic (exact) mass is 434 g/mol. The first-order chi connectivity index (χ1) is 9.99. The second-order valence-electron chi connectivity index (χ2n) is 4.27. The first kappa shape index (κ1) is 16.6. The highest BCUT2D eigenvalue weighted by molar-refractivity contribution is 9.11. The van der Waals surface area contributed by atoms with Crippen LogP contribution < -0.4 is 9.47 Å². The first-order valence-corrected chi connectivity index (χ1v) is 7.99. The molecule has 2 aromatic rings. The van der Waals surface area contributed by atoms with Crippen LogP contribution >= 0.6 is 43.5 Å². The molecule has 0 aliphatic heterocycles. The Morgan fingerprint density at radius 2 is 1.76 bits per heavy atom. The number of ether oxygens (including phenoxy) is 2. The fourth-order valence-corrected chi connectivity index (χ4v) is 3.19. The third-order valence-corrected chi connectivity index (χ3v) is 4.64. The number of rotatable bonds is 4. The smallest absolute Gasteiger partial charge is 0.147 e. The number of hydrogen-bond donors (Lipinski definition) is 1. The minimum atomic E-state index is -0.879. The van der Waals surface area contributed by atoms with Gasteiger partial charge in [-0.15, -0.1) is 0 Å². The number of aliphatic hydroxyl groups is 1. The van der Waals surface area contributed by atoms with E-state index in [1.165, 1.54) is 14.2 Å². The summed E-state index contributed by atoms with van der Waals surface area (Å²) in [4.78, 5) is 0. The maximum absolute atomic E-state index is 10.7. The van der Waals surface area contributed by atoms with E-state index in [1.54, 1.807) is 12.1 Å². The summed E-state index contributed by atoms with van der Waals surface area (Å²) < 4.78 is 12.2. The quantitative estimate of drug-likeness (QED) is 0.736. The number of hydrogen-bond acceptors (Lipinski definition) is 3. The molecule has 0 spiro atoms. The largest absolute Gasteiger partial charge is 0.495 e. The van der Waals surface area contributed by atoms with Gasteiger partial charge in [0.1, 0.15) is 22.6 Å². The molecule has 0 radical (unpaired) electrons. The highest BCUT2D eigenvalue weighted by Crippen LogP contribution is 2.42. The van der Waals surface area contributed by atoms with Crippen LogP contribution in [-0.2, 0) is 0 Å². The molecule has 0 aliphatic carbocycles. The Balaban J connectivity index is 2.55. The van der Waals surface area contributed by atoms with Crippen LogP contribution in [0, 0.1) is 0 Å². The van der Waals surface area contributed by atoms with E-state index in [0.717, 1.165) is 8.95 Å². The second-order valence-corrected chi connectivity index (χ2v) is 6.42. The molecule has 1 unspecified atom stereocenters. The van der Waals surface area contributed by atoms with Crippen LogP contribution in [0.25, 0.3) is 0 Å². The van der Waals surface area contributed by atoms with Crippen molar-refractivity contribution in [2.75, 3.05) is 14.2 Å². The van der Waals surface area contributed by atoms with Gasteiger partial charge in [-0.25, -0.2) is 0 Å². The molecule has 6 heteroatoms. The SMILES string of the molecule is COc1ccc(C(O)c2cc(Br)ccc2Br)c(OC)c1Cl. The van der Waals surface area contributed by atoms with Crippen LogP contribution in [0.4, 0.5) is 0 Å². The average Bonchev–Trinajstić information content (AvgIpc) is 2.48. The Morgan fingerprint density at radius 3 is 2.38 bits per heavy atom. The van der Waals surface area contributed by atoms with Crippen molar-refractivity contribution in [2.24, 2.45) is 0 Å². The molecule has 0 aromatic heterocycles. The maximum Gasteiger partial charge on any atom is 0.147 e. The minimum absolute atomic E-state index is 0.336. The average molecular weight is 437 g/mol. The van der Waals surface area contributed by atoms with Gasteiger partial charge in [-0.2, -0.15) is 0 Å². The van der Waals surface area contributed by atoms with Crippen LogP contribution in [0.2, 0.25) is 5.02 Å². The molecule has 0 saturated heterocycles. The predicted octanol–water partition coefficient (Wildman–Crippen LogP) is 4.96. The number of aliphatic hydroxyl groups excluding tert-OH is 1. The standard InChI is InChI=1S/C15H13Br2ClO3/c1-20-12-6-4-9(15(21-2)13(12)18)14(19)10-7-8(16)3-5-11(10)17/h3-7,14,19H,1-2H3. The van der Waals surface area contributed by atoms with Crippen molar-refractivity contribution >= 4 is 43.5 Å². The summed E-state index contributed by atoms with van der Waals surface area (Å²) in [7, 11) is 3.04. The lowest BCUT2D eigenvalue weighted by molar-refractivity contribution is 0.213. The van der Waals surface area contributed by atoms with Crippen molar-refractivity contribution in [2.45, 2.75) is 6.10 Å². The van der Waals surface area contributed by atoms with Crippen molar-refractivity contribution in [3.8, 4) is 11.5 Å². The molecule has 0 aliphatic rings. The summed E-state index contributed by atoms with van der Waals surface area (Å²) in [5, 5.41) is 11.0. The number of methoxy groups -OCH3 is 2. The van der Waals surface area contributed by atoms with Gasteiger partial charge in [0, 0.05) is 20.1 Å². The van der Waals surface area contributed by atoms with E-state index in [2.05, 4.69) is 31.9 Å². The van der Waals surface area contributed by atoms with Crippen molar-refractivity contribution in [1.29, 1.82) is 0 Å². The molecule has 1 atom stereocenters. The van der Waals surface area contributed by atoms with Gasteiger partial charge >= 0.3 is 0 Å².